The van der Waals surface area contributed by atoms with Gasteiger partial charge in [0.15, 0.2) is 23.1 Å². The second kappa shape index (κ2) is 11.6. The molecule has 0 bridgehead atoms. The number of aromatic nitrogens is 4. The Morgan fingerprint density at radius 1 is 0.420 bits per heavy atom. The molecule has 10 aromatic rings. The Labute approximate surface area is 291 Å². The van der Waals surface area contributed by atoms with Crippen LogP contribution in [0, 0.1) is 0 Å². The zero-order valence-electron chi connectivity index (χ0n) is 26.6. The highest BCUT2D eigenvalue weighted by Crippen LogP contribution is 2.45. The number of thiophene rings is 1. The predicted molar refractivity (Wildman–Crippen MR) is 205 cm³/mol. The van der Waals surface area contributed by atoms with Crippen LogP contribution in [-0.4, -0.2) is 19.9 Å². The van der Waals surface area contributed by atoms with Gasteiger partial charge in [-0.1, -0.05) is 121 Å². The molecule has 3 heterocycles. The van der Waals surface area contributed by atoms with Gasteiger partial charge in [0, 0.05) is 36.9 Å². The monoisotopic (exact) mass is 658 g/mol. The van der Waals surface area contributed by atoms with Crippen LogP contribution in [0.15, 0.2) is 162 Å². The average Bonchev–Trinajstić information content (AvgIpc) is 3.79. The molecule has 0 N–H and O–H groups in total. The van der Waals surface area contributed by atoms with Crippen molar-refractivity contribution in [3.8, 4) is 56.7 Å². The van der Waals surface area contributed by atoms with E-state index in [2.05, 4.69) is 91.0 Å². The van der Waals surface area contributed by atoms with Gasteiger partial charge in [-0.05, 0) is 58.3 Å². The van der Waals surface area contributed by atoms with Gasteiger partial charge in [0.2, 0.25) is 5.89 Å². The van der Waals surface area contributed by atoms with E-state index in [1.807, 2.05) is 66.7 Å². The van der Waals surface area contributed by atoms with Crippen LogP contribution in [0.1, 0.15) is 0 Å². The van der Waals surface area contributed by atoms with Crippen LogP contribution >= 0.6 is 11.3 Å². The topological polar surface area (TPSA) is 64.7 Å². The first-order chi connectivity index (χ1) is 24.7. The third-order valence-corrected chi connectivity index (χ3v) is 10.3. The van der Waals surface area contributed by atoms with Gasteiger partial charge < -0.3 is 4.42 Å². The molecule has 0 spiro atoms. The van der Waals surface area contributed by atoms with E-state index in [-0.39, 0.29) is 0 Å². The summed E-state index contributed by atoms with van der Waals surface area (Å²) < 4.78 is 8.94. The summed E-state index contributed by atoms with van der Waals surface area (Å²) in [6, 6.07) is 54.1. The molecule has 0 aliphatic carbocycles. The zero-order chi connectivity index (χ0) is 33.0. The maximum absolute atomic E-state index is 6.66. The summed E-state index contributed by atoms with van der Waals surface area (Å²) in [4.78, 5) is 20.5. The minimum Gasteiger partial charge on any atom is -0.435 e. The Bertz CT molecular complexity index is 2860. The number of hydrogen-bond acceptors (Lipinski definition) is 6. The highest BCUT2D eigenvalue weighted by Gasteiger charge is 2.24. The third kappa shape index (κ3) is 4.85. The molecule has 0 atom stereocenters. The lowest BCUT2D eigenvalue weighted by atomic mass is 10.00. The van der Waals surface area contributed by atoms with Gasteiger partial charge in [-0.15, -0.1) is 11.3 Å². The van der Waals surface area contributed by atoms with Gasteiger partial charge >= 0.3 is 0 Å². The number of oxazole rings is 1. The quantitative estimate of drug-likeness (QED) is 0.184. The van der Waals surface area contributed by atoms with Crippen molar-refractivity contribution in [1.29, 1.82) is 0 Å². The first-order valence-corrected chi connectivity index (χ1v) is 17.3. The maximum atomic E-state index is 6.66. The van der Waals surface area contributed by atoms with E-state index in [1.165, 1.54) is 15.8 Å². The van der Waals surface area contributed by atoms with Crippen LogP contribution in [0.25, 0.3) is 98.8 Å². The molecule has 3 aromatic heterocycles. The molecule has 0 radical (unpaired) electrons. The summed E-state index contributed by atoms with van der Waals surface area (Å²) in [6.45, 7) is 0. The number of rotatable bonds is 5. The van der Waals surface area contributed by atoms with Crippen LogP contribution in [0.5, 0.6) is 0 Å². The van der Waals surface area contributed by atoms with Crippen molar-refractivity contribution >= 4 is 53.4 Å². The lowest BCUT2D eigenvalue weighted by molar-refractivity contribution is 0.621. The average molecular weight is 659 g/mol. The molecular formula is C44H26N4OS. The molecule has 50 heavy (non-hydrogen) atoms. The fraction of sp³-hybridized carbons (Fsp3) is 0. The summed E-state index contributed by atoms with van der Waals surface area (Å²) in [5.74, 6) is 2.29. The first-order valence-electron chi connectivity index (χ1n) is 16.5. The fourth-order valence-corrected chi connectivity index (χ4v) is 7.86. The molecule has 0 aliphatic rings. The van der Waals surface area contributed by atoms with E-state index in [0.717, 1.165) is 54.0 Å². The highest BCUT2D eigenvalue weighted by atomic mass is 32.1. The standard InChI is InChI=1S/C44H26N4OS/c1-4-12-27(13-5-1)30-20-21-32-25-33(23-22-31(32)24-30)42-46-41(28-14-6-2-7-15-28)47-43(48-42)39-38-34-18-10-11-19-36(34)50-37(38)26-35-40(39)49-44(45-35)29-16-8-3-9-17-29/h1-26H. The summed E-state index contributed by atoms with van der Waals surface area (Å²) in [5.41, 5.74) is 7.34. The van der Waals surface area contributed by atoms with Gasteiger partial charge in [0.1, 0.15) is 5.52 Å². The van der Waals surface area contributed by atoms with Crippen molar-refractivity contribution in [1.82, 2.24) is 19.9 Å². The number of hydrogen-bond donors (Lipinski definition) is 0. The normalized spacial score (nSPS) is 11.6. The Morgan fingerprint density at radius 3 is 1.74 bits per heavy atom. The summed E-state index contributed by atoms with van der Waals surface area (Å²) in [5, 5.41) is 4.45. The van der Waals surface area contributed by atoms with E-state index in [4.69, 9.17) is 24.4 Å². The van der Waals surface area contributed by atoms with Crippen molar-refractivity contribution in [2.75, 3.05) is 0 Å². The second-order valence-corrected chi connectivity index (χ2v) is 13.4. The van der Waals surface area contributed by atoms with Crippen LogP contribution in [0.4, 0.5) is 0 Å². The molecule has 0 aliphatic heterocycles. The predicted octanol–water partition coefficient (Wildman–Crippen LogP) is 11.9. The van der Waals surface area contributed by atoms with E-state index >= 15 is 0 Å². The van der Waals surface area contributed by atoms with E-state index in [0.29, 0.717) is 28.9 Å². The SMILES string of the molecule is c1ccc(-c2ccc3cc(-c4nc(-c5ccccc5)nc(-c5c6oc(-c7ccccc7)nc6cc6sc7ccccc7c56)n4)ccc3c2)cc1. The van der Waals surface area contributed by atoms with Crippen molar-refractivity contribution in [2.45, 2.75) is 0 Å². The first kappa shape index (κ1) is 28.5. The highest BCUT2D eigenvalue weighted by molar-refractivity contribution is 7.26. The smallest absolute Gasteiger partial charge is 0.227 e. The van der Waals surface area contributed by atoms with Crippen LogP contribution in [0.2, 0.25) is 0 Å². The second-order valence-electron chi connectivity index (χ2n) is 12.3. The third-order valence-electron chi connectivity index (χ3n) is 9.14. The molecule has 0 unspecified atom stereocenters. The molecule has 0 saturated carbocycles. The zero-order valence-corrected chi connectivity index (χ0v) is 27.4. The minimum atomic E-state index is 0.545. The molecule has 234 valence electrons. The fourth-order valence-electron chi connectivity index (χ4n) is 6.72. The number of nitrogens with zero attached hydrogens (tertiary/aromatic N) is 4. The molecule has 0 fully saturated rings. The van der Waals surface area contributed by atoms with Crippen molar-refractivity contribution < 1.29 is 4.42 Å². The Kier molecular flexibility index (Phi) is 6.60. The summed E-state index contributed by atoms with van der Waals surface area (Å²) in [6.07, 6.45) is 0. The van der Waals surface area contributed by atoms with E-state index < -0.39 is 0 Å². The lowest BCUT2D eigenvalue weighted by Crippen LogP contribution is -2.00. The molecule has 5 nitrogen and oxygen atoms in total. The van der Waals surface area contributed by atoms with Crippen molar-refractivity contribution in [3.05, 3.63) is 158 Å². The summed E-state index contributed by atoms with van der Waals surface area (Å²) >= 11 is 1.74. The number of benzene rings is 7. The van der Waals surface area contributed by atoms with E-state index in [1.54, 1.807) is 11.3 Å². The largest absolute Gasteiger partial charge is 0.435 e. The summed E-state index contributed by atoms with van der Waals surface area (Å²) in [7, 11) is 0. The Balaban J connectivity index is 1.22. The Morgan fingerprint density at radius 2 is 1.00 bits per heavy atom. The minimum absolute atomic E-state index is 0.545. The van der Waals surface area contributed by atoms with Crippen molar-refractivity contribution in [2.24, 2.45) is 0 Å². The van der Waals surface area contributed by atoms with Gasteiger partial charge in [0.05, 0.1) is 5.56 Å². The lowest BCUT2D eigenvalue weighted by Gasteiger charge is -2.11. The van der Waals surface area contributed by atoms with Gasteiger partial charge in [-0.25, -0.2) is 19.9 Å². The van der Waals surface area contributed by atoms with Crippen LogP contribution in [-0.2, 0) is 0 Å². The van der Waals surface area contributed by atoms with E-state index in [9.17, 15) is 0 Å². The van der Waals surface area contributed by atoms with Crippen molar-refractivity contribution in [3.63, 3.8) is 0 Å². The molecule has 10 rings (SSSR count). The molecular weight excluding hydrogens is 633 g/mol. The molecule has 0 amide bonds. The molecule has 7 aromatic carbocycles. The Hall–Kier alpha value is -6.50. The van der Waals surface area contributed by atoms with Crippen LogP contribution in [0.3, 0.4) is 0 Å². The van der Waals surface area contributed by atoms with Gasteiger partial charge in [-0.3, -0.25) is 0 Å². The van der Waals surface area contributed by atoms with Gasteiger partial charge in [-0.2, -0.15) is 0 Å². The van der Waals surface area contributed by atoms with Gasteiger partial charge in [0.25, 0.3) is 0 Å². The van der Waals surface area contributed by atoms with Crippen LogP contribution < -0.4 is 0 Å². The molecule has 0 saturated heterocycles. The number of fused-ring (bicyclic) bond motifs is 5. The maximum Gasteiger partial charge on any atom is 0.227 e. The molecule has 6 heteroatoms.